The molecule has 0 fully saturated rings. The summed E-state index contributed by atoms with van der Waals surface area (Å²) in [5.74, 6) is -0.887. The van der Waals surface area contributed by atoms with Gasteiger partial charge in [-0.3, -0.25) is 4.79 Å². The van der Waals surface area contributed by atoms with Crippen LogP contribution in [0.3, 0.4) is 0 Å². The lowest BCUT2D eigenvalue weighted by Gasteiger charge is -2.10. The Kier molecular flexibility index (Phi) is 5.86. The Balaban J connectivity index is 1.53. The maximum atomic E-state index is 12.8. The second-order valence-electron chi connectivity index (χ2n) is 6.87. The zero-order valence-corrected chi connectivity index (χ0v) is 17.2. The number of fused-ring (bicyclic) bond motifs is 1. The van der Waals surface area contributed by atoms with Gasteiger partial charge in [0.05, 0.1) is 23.3 Å². The minimum atomic E-state index is -0.548. The van der Waals surface area contributed by atoms with E-state index >= 15 is 0 Å². The monoisotopic (exact) mass is 416 g/mol. The highest BCUT2D eigenvalue weighted by Crippen LogP contribution is 2.25. The number of pyridine rings is 1. The van der Waals surface area contributed by atoms with Crippen LogP contribution in [0.5, 0.6) is 0 Å². The SMILES string of the molecule is Cc1ccc(-c2cc(C(=O)OCC(=O)NCc3cccs3)c3ccccc3n2)cc1. The van der Waals surface area contributed by atoms with Gasteiger partial charge < -0.3 is 10.1 Å². The molecule has 0 saturated heterocycles. The third-order valence-electron chi connectivity index (χ3n) is 4.66. The number of para-hydroxylation sites is 1. The lowest BCUT2D eigenvalue weighted by Crippen LogP contribution is -2.28. The molecule has 5 nitrogen and oxygen atoms in total. The minimum absolute atomic E-state index is 0.333. The normalized spacial score (nSPS) is 10.7. The molecule has 0 radical (unpaired) electrons. The van der Waals surface area contributed by atoms with E-state index < -0.39 is 5.97 Å². The molecule has 2 aromatic heterocycles. The fourth-order valence-corrected chi connectivity index (χ4v) is 3.72. The molecule has 1 amide bonds. The summed E-state index contributed by atoms with van der Waals surface area (Å²) in [6.45, 7) is 2.11. The van der Waals surface area contributed by atoms with Gasteiger partial charge in [-0.1, -0.05) is 54.1 Å². The van der Waals surface area contributed by atoms with E-state index in [1.54, 1.807) is 17.4 Å². The molecule has 4 aromatic rings. The van der Waals surface area contributed by atoms with Crippen LogP contribution in [0.1, 0.15) is 20.8 Å². The Bertz CT molecular complexity index is 1190. The smallest absolute Gasteiger partial charge is 0.339 e. The molecular weight excluding hydrogens is 396 g/mol. The predicted molar refractivity (Wildman–Crippen MR) is 118 cm³/mol. The highest BCUT2D eigenvalue weighted by molar-refractivity contribution is 7.09. The number of aryl methyl sites for hydroxylation is 1. The summed E-state index contributed by atoms with van der Waals surface area (Å²) in [5.41, 5.74) is 3.83. The second kappa shape index (κ2) is 8.88. The van der Waals surface area contributed by atoms with Crippen molar-refractivity contribution in [3.63, 3.8) is 0 Å². The number of hydrogen-bond acceptors (Lipinski definition) is 5. The van der Waals surface area contributed by atoms with Crippen molar-refractivity contribution in [3.05, 3.63) is 88.1 Å². The van der Waals surface area contributed by atoms with Crippen molar-refractivity contribution in [2.24, 2.45) is 0 Å². The summed E-state index contributed by atoms with van der Waals surface area (Å²) in [5, 5.41) is 5.39. The molecule has 30 heavy (non-hydrogen) atoms. The molecular formula is C24H20N2O3S. The molecule has 4 rings (SSSR count). The number of esters is 1. The largest absolute Gasteiger partial charge is 0.452 e. The topological polar surface area (TPSA) is 68.3 Å². The van der Waals surface area contributed by atoms with Crippen molar-refractivity contribution in [2.45, 2.75) is 13.5 Å². The van der Waals surface area contributed by atoms with Crippen LogP contribution < -0.4 is 5.32 Å². The van der Waals surface area contributed by atoms with Crippen molar-refractivity contribution in [1.29, 1.82) is 0 Å². The number of aromatic nitrogens is 1. The third-order valence-corrected chi connectivity index (χ3v) is 5.53. The van der Waals surface area contributed by atoms with Crippen LogP contribution in [-0.2, 0) is 16.1 Å². The van der Waals surface area contributed by atoms with Gasteiger partial charge in [0.15, 0.2) is 6.61 Å². The van der Waals surface area contributed by atoms with Gasteiger partial charge in [-0.05, 0) is 30.5 Å². The molecule has 0 saturated carbocycles. The van der Waals surface area contributed by atoms with Crippen LogP contribution in [0.25, 0.3) is 22.2 Å². The molecule has 150 valence electrons. The molecule has 0 spiro atoms. The number of ether oxygens (including phenoxy) is 1. The van der Waals surface area contributed by atoms with Crippen molar-refractivity contribution in [1.82, 2.24) is 10.3 Å². The Labute approximate surface area is 178 Å². The average Bonchev–Trinajstić information content (AvgIpc) is 3.29. The third kappa shape index (κ3) is 4.55. The van der Waals surface area contributed by atoms with Gasteiger partial charge in [0.25, 0.3) is 5.91 Å². The van der Waals surface area contributed by atoms with Crippen molar-refractivity contribution < 1.29 is 14.3 Å². The Morgan fingerprint density at radius 1 is 1.03 bits per heavy atom. The number of nitrogens with one attached hydrogen (secondary N) is 1. The van der Waals surface area contributed by atoms with Crippen LogP contribution in [0.2, 0.25) is 0 Å². The number of hydrogen-bond donors (Lipinski definition) is 1. The van der Waals surface area contributed by atoms with E-state index in [1.807, 2.05) is 73.0 Å². The quantitative estimate of drug-likeness (QED) is 0.461. The maximum Gasteiger partial charge on any atom is 0.339 e. The van der Waals surface area contributed by atoms with E-state index in [-0.39, 0.29) is 12.5 Å². The molecule has 0 aliphatic rings. The number of rotatable bonds is 6. The Morgan fingerprint density at radius 3 is 2.60 bits per heavy atom. The molecule has 0 unspecified atom stereocenters. The molecule has 0 bridgehead atoms. The molecule has 0 aliphatic carbocycles. The molecule has 0 atom stereocenters. The summed E-state index contributed by atoms with van der Waals surface area (Å²) < 4.78 is 5.30. The first kappa shape index (κ1) is 19.8. The zero-order valence-electron chi connectivity index (χ0n) is 16.4. The number of thiophene rings is 1. The second-order valence-corrected chi connectivity index (χ2v) is 7.90. The van der Waals surface area contributed by atoms with E-state index in [9.17, 15) is 9.59 Å². The van der Waals surface area contributed by atoms with Gasteiger partial charge in [0.1, 0.15) is 0 Å². The van der Waals surface area contributed by atoms with Crippen molar-refractivity contribution in [2.75, 3.05) is 6.61 Å². The van der Waals surface area contributed by atoms with E-state index in [1.165, 1.54) is 0 Å². The van der Waals surface area contributed by atoms with Crippen molar-refractivity contribution in [3.8, 4) is 11.3 Å². The lowest BCUT2D eigenvalue weighted by atomic mass is 10.0. The maximum absolute atomic E-state index is 12.8. The van der Waals surface area contributed by atoms with E-state index in [0.717, 1.165) is 16.0 Å². The van der Waals surface area contributed by atoms with Crippen LogP contribution in [0, 0.1) is 6.92 Å². The number of carbonyl (C=O) groups excluding carboxylic acids is 2. The molecule has 2 heterocycles. The van der Waals surface area contributed by atoms with Crippen LogP contribution in [0.4, 0.5) is 0 Å². The predicted octanol–water partition coefficient (Wildman–Crippen LogP) is 4.74. The van der Waals surface area contributed by atoms with Crippen molar-refractivity contribution >= 4 is 34.1 Å². The Hall–Kier alpha value is -3.51. The molecule has 6 heteroatoms. The standard InChI is InChI=1S/C24H20N2O3S/c1-16-8-10-17(11-9-16)22-13-20(19-6-2-3-7-21(19)26-22)24(28)29-15-23(27)25-14-18-5-4-12-30-18/h2-13H,14-15H2,1H3,(H,25,27). The first-order chi connectivity index (χ1) is 14.6. The van der Waals surface area contributed by atoms with Gasteiger partial charge in [-0.15, -0.1) is 11.3 Å². The van der Waals surface area contributed by atoms with Crippen LogP contribution in [0.15, 0.2) is 72.1 Å². The summed E-state index contributed by atoms with van der Waals surface area (Å²) >= 11 is 1.56. The number of amides is 1. The fourth-order valence-electron chi connectivity index (χ4n) is 3.08. The molecule has 1 N–H and O–H groups in total. The van der Waals surface area contributed by atoms with Gasteiger partial charge >= 0.3 is 5.97 Å². The highest BCUT2D eigenvalue weighted by atomic mass is 32.1. The summed E-state index contributed by atoms with van der Waals surface area (Å²) in [4.78, 5) is 30.6. The molecule has 2 aromatic carbocycles. The van der Waals surface area contributed by atoms with E-state index in [4.69, 9.17) is 4.74 Å². The number of nitrogens with zero attached hydrogens (tertiary/aromatic N) is 1. The first-order valence-corrected chi connectivity index (χ1v) is 10.4. The summed E-state index contributed by atoms with van der Waals surface area (Å²) in [7, 11) is 0. The van der Waals surface area contributed by atoms with Gasteiger partial charge in [0.2, 0.25) is 0 Å². The fraction of sp³-hybridized carbons (Fsp3) is 0.125. The number of benzene rings is 2. The van der Waals surface area contributed by atoms with Gasteiger partial charge in [0, 0.05) is 15.8 Å². The first-order valence-electron chi connectivity index (χ1n) is 9.53. The minimum Gasteiger partial charge on any atom is -0.452 e. The van der Waals surface area contributed by atoms with E-state index in [2.05, 4.69) is 10.3 Å². The average molecular weight is 417 g/mol. The van der Waals surface area contributed by atoms with Crippen LogP contribution in [-0.4, -0.2) is 23.5 Å². The summed E-state index contributed by atoms with van der Waals surface area (Å²) in [6.07, 6.45) is 0. The Morgan fingerprint density at radius 2 is 1.83 bits per heavy atom. The number of carbonyl (C=O) groups is 2. The summed E-state index contributed by atoms with van der Waals surface area (Å²) in [6, 6.07) is 20.9. The van der Waals surface area contributed by atoms with Crippen LogP contribution >= 0.6 is 11.3 Å². The van der Waals surface area contributed by atoms with E-state index in [0.29, 0.717) is 28.7 Å². The lowest BCUT2D eigenvalue weighted by molar-refractivity contribution is -0.124. The molecule has 0 aliphatic heterocycles. The van der Waals surface area contributed by atoms with Gasteiger partial charge in [-0.2, -0.15) is 0 Å². The van der Waals surface area contributed by atoms with Gasteiger partial charge in [-0.25, -0.2) is 9.78 Å². The highest BCUT2D eigenvalue weighted by Gasteiger charge is 2.16. The zero-order chi connectivity index (χ0) is 20.9.